The molecule has 0 spiro atoms. The molecule has 1 heterocycles. The summed E-state index contributed by atoms with van der Waals surface area (Å²) >= 11 is 12.5. The van der Waals surface area contributed by atoms with E-state index in [9.17, 15) is 8.42 Å². The van der Waals surface area contributed by atoms with Crippen molar-refractivity contribution in [3.05, 3.63) is 14.7 Å². The lowest BCUT2D eigenvalue weighted by Crippen LogP contribution is -2.25. The summed E-state index contributed by atoms with van der Waals surface area (Å²) < 4.78 is 26.5. The molecule has 92 valence electrons. The average molecular weight is 303 g/mol. The molecule has 16 heavy (non-hydrogen) atoms. The van der Waals surface area contributed by atoms with Crippen LogP contribution in [0.25, 0.3) is 0 Å². The molecule has 0 fully saturated rings. The number of nitrogens with two attached hydrogens (primary N) is 1. The van der Waals surface area contributed by atoms with Crippen LogP contribution in [0.3, 0.4) is 0 Å². The monoisotopic (exact) mass is 302 g/mol. The Morgan fingerprint density at radius 3 is 2.56 bits per heavy atom. The zero-order chi connectivity index (χ0) is 12.2. The van der Waals surface area contributed by atoms with Crippen molar-refractivity contribution in [2.45, 2.75) is 17.7 Å². The van der Waals surface area contributed by atoms with E-state index in [4.69, 9.17) is 28.9 Å². The zero-order valence-corrected chi connectivity index (χ0v) is 11.5. The molecule has 4 nitrogen and oxygen atoms in total. The fourth-order valence-electron chi connectivity index (χ4n) is 1.06. The smallest absolute Gasteiger partial charge is 0.242 e. The second kappa shape index (κ2) is 6.18. The maximum atomic E-state index is 11.8. The fraction of sp³-hybridized carbons (Fsp3) is 0.500. The van der Waals surface area contributed by atoms with Gasteiger partial charge in [0.1, 0.15) is 9.23 Å². The molecule has 0 bridgehead atoms. The van der Waals surface area contributed by atoms with Crippen LogP contribution in [0.5, 0.6) is 0 Å². The Labute approximate surface area is 109 Å². The summed E-state index contributed by atoms with van der Waals surface area (Å²) in [5, 5.41) is 0. The van der Waals surface area contributed by atoms with Gasteiger partial charge in [-0.25, -0.2) is 13.1 Å². The van der Waals surface area contributed by atoms with Crippen molar-refractivity contribution in [2.24, 2.45) is 5.73 Å². The summed E-state index contributed by atoms with van der Waals surface area (Å²) in [6.07, 6.45) is 1.48. The highest BCUT2D eigenvalue weighted by Gasteiger charge is 2.20. The minimum atomic E-state index is -3.55. The first-order valence-electron chi connectivity index (χ1n) is 4.62. The molecular formula is C8H12Cl2N2O2S2. The van der Waals surface area contributed by atoms with Crippen molar-refractivity contribution in [1.29, 1.82) is 0 Å². The van der Waals surface area contributed by atoms with E-state index in [-0.39, 0.29) is 9.23 Å². The molecule has 8 heteroatoms. The van der Waals surface area contributed by atoms with Gasteiger partial charge >= 0.3 is 0 Å². The molecule has 0 amide bonds. The normalized spacial score (nSPS) is 11.9. The van der Waals surface area contributed by atoms with E-state index < -0.39 is 10.0 Å². The first kappa shape index (κ1) is 14.2. The number of thiophene rings is 1. The molecule has 0 radical (unpaired) electrons. The predicted molar refractivity (Wildman–Crippen MR) is 67.8 cm³/mol. The van der Waals surface area contributed by atoms with Crippen molar-refractivity contribution in [3.8, 4) is 0 Å². The Morgan fingerprint density at radius 2 is 2.06 bits per heavy atom. The van der Waals surface area contributed by atoms with Crippen LogP contribution < -0.4 is 10.5 Å². The Bertz CT molecular complexity index is 445. The number of halogens is 2. The zero-order valence-electron chi connectivity index (χ0n) is 8.37. The molecule has 0 aliphatic rings. The lowest BCUT2D eigenvalue weighted by molar-refractivity contribution is 0.577. The van der Waals surface area contributed by atoms with Crippen molar-refractivity contribution in [2.75, 3.05) is 13.1 Å². The van der Waals surface area contributed by atoms with Crippen LogP contribution in [0.15, 0.2) is 11.0 Å². The second-order valence-electron chi connectivity index (χ2n) is 3.08. The van der Waals surface area contributed by atoms with Gasteiger partial charge < -0.3 is 5.73 Å². The fourth-order valence-corrected chi connectivity index (χ4v) is 4.28. The molecule has 0 saturated heterocycles. The summed E-state index contributed by atoms with van der Waals surface area (Å²) in [5.41, 5.74) is 5.30. The number of rotatable bonds is 6. The molecule has 0 aliphatic carbocycles. The quantitative estimate of drug-likeness (QED) is 0.790. The van der Waals surface area contributed by atoms with Crippen LogP contribution in [0, 0.1) is 0 Å². The van der Waals surface area contributed by atoms with Crippen molar-refractivity contribution >= 4 is 44.6 Å². The van der Waals surface area contributed by atoms with Gasteiger partial charge in [-0.2, -0.15) is 0 Å². The minimum Gasteiger partial charge on any atom is -0.330 e. The molecule has 3 N–H and O–H groups in total. The van der Waals surface area contributed by atoms with Crippen LogP contribution in [-0.2, 0) is 10.0 Å². The molecular weight excluding hydrogens is 291 g/mol. The van der Waals surface area contributed by atoms with E-state index in [1.807, 2.05) is 0 Å². The summed E-state index contributed by atoms with van der Waals surface area (Å²) in [7, 11) is -3.55. The van der Waals surface area contributed by atoms with E-state index in [1.54, 1.807) is 0 Å². The second-order valence-corrected chi connectivity index (χ2v) is 7.10. The number of sulfonamides is 1. The van der Waals surface area contributed by atoms with Gasteiger partial charge in [0.15, 0.2) is 0 Å². The highest BCUT2D eigenvalue weighted by Crippen LogP contribution is 2.33. The molecule has 0 aromatic carbocycles. The standard InChI is InChI=1S/C8H12Cl2N2O2S2/c9-7-5-6(8(10)15-7)16(13,14)12-4-2-1-3-11/h5,12H,1-4,11H2. The van der Waals surface area contributed by atoms with Crippen molar-refractivity contribution < 1.29 is 8.42 Å². The maximum absolute atomic E-state index is 11.8. The summed E-state index contributed by atoms with van der Waals surface area (Å²) in [5.74, 6) is 0. The topological polar surface area (TPSA) is 72.2 Å². The molecule has 0 unspecified atom stereocenters. The highest BCUT2D eigenvalue weighted by atomic mass is 35.5. The molecule has 1 rings (SSSR count). The number of nitrogens with one attached hydrogen (secondary N) is 1. The van der Waals surface area contributed by atoms with E-state index in [0.29, 0.717) is 23.8 Å². The van der Waals surface area contributed by atoms with Gasteiger partial charge in [-0.3, -0.25) is 0 Å². The van der Waals surface area contributed by atoms with Crippen LogP contribution in [-0.4, -0.2) is 21.5 Å². The third kappa shape index (κ3) is 3.87. The SMILES string of the molecule is NCCCCNS(=O)(=O)c1cc(Cl)sc1Cl. The Balaban J connectivity index is 2.67. The van der Waals surface area contributed by atoms with E-state index in [2.05, 4.69) is 4.72 Å². The highest BCUT2D eigenvalue weighted by molar-refractivity contribution is 7.89. The lowest BCUT2D eigenvalue weighted by atomic mass is 10.3. The van der Waals surface area contributed by atoms with Gasteiger partial charge in [0.2, 0.25) is 10.0 Å². The predicted octanol–water partition coefficient (Wildman–Crippen LogP) is 2.07. The molecule has 0 aliphatic heterocycles. The third-order valence-corrected chi connectivity index (χ3v) is 5.05. The molecule has 0 saturated carbocycles. The van der Waals surface area contributed by atoms with Gasteiger partial charge in [-0.15, -0.1) is 11.3 Å². The van der Waals surface area contributed by atoms with E-state index in [1.165, 1.54) is 6.07 Å². The molecule has 0 atom stereocenters. The van der Waals surface area contributed by atoms with Crippen molar-refractivity contribution in [1.82, 2.24) is 4.72 Å². The Morgan fingerprint density at radius 1 is 1.38 bits per heavy atom. The van der Waals surface area contributed by atoms with Gasteiger partial charge in [0.05, 0.1) is 4.34 Å². The van der Waals surface area contributed by atoms with Gasteiger partial charge in [-0.1, -0.05) is 23.2 Å². The summed E-state index contributed by atoms with van der Waals surface area (Å²) in [6, 6.07) is 1.35. The van der Waals surface area contributed by atoms with E-state index >= 15 is 0 Å². The van der Waals surface area contributed by atoms with Gasteiger partial charge in [0.25, 0.3) is 0 Å². The van der Waals surface area contributed by atoms with Gasteiger partial charge in [0, 0.05) is 6.54 Å². The van der Waals surface area contributed by atoms with Crippen LogP contribution in [0.1, 0.15) is 12.8 Å². The van der Waals surface area contributed by atoms with Crippen LogP contribution in [0.2, 0.25) is 8.67 Å². The van der Waals surface area contributed by atoms with E-state index in [0.717, 1.165) is 17.8 Å². The Hall–Kier alpha value is 0.150. The first-order valence-corrected chi connectivity index (χ1v) is 7.67. The summed E-state index contributed by atoms with van der Waals surface area (Å²) in [6.45, 7) is 0.899. The largest absolute Gasteiger partial charge is 0.330 e. The van der Waals surface area contributed by atoms with Crippen molar-refractivity contribution in [3.63, 3.8) is 0 Å². The Kier molecular flexibility index (Phi) is 5.49. The van der Waals surface area contributed by atoms with Crippen LogP contribution in [0.4, 0.5) is 0 Å². The first-order chi connectivity index (χ1) is 7.47. The lowest BCUT2D eigenvalue weighted by Gasteiger charge is -2.04. The maximum Gasteiger partial charge on any atom is 0.242 e. The average Bonchev–Trinajstić information content (AvgIpc) is 2.53. The number of unbranched alkanes of at least 4 members (excludes halogenated alkanes) is 1. The molecule has 1 aromatic rings. The number of hydrogen-bond donors (Lipinski definition) is 2. The number of hydrogen-bond acceptors (Lipinski definition) is 4. The molecule has 1 aromatic heterocycles. The third-order valence-electron chi connectivity index (χ3n) is 1.84. The minimum absolute atomic E-state index is 0.0388. The van der Waals surface area contributed by atoms with Crippen LogP contribution >= 0.6 is 34.5 Å². The van der Waals surface area contributed by atoms with Gasteiger partial charge in [-0.05, 0) is 25.5 Å². The summed E-state index contributed by atoms with van der Waals surface area (Å²) in [4.78, 5) is 0.0388.